The van der Waals surface area contributed by atoms with Crippen molar-refractivity contribution < 1.29 is 27.0 Å². The van der Waals surface area contributed by atoms with Crippen molar-refractivity contribution in [2.75, 3.05) is 20.3 Å². The largest absolute Gasteiger partial charge is 0.495 e. The predicted octanol–water partition coefficient (Wildman–Crippen LogP) is 2.65. The van der Waals surface area contributed by atoms with Gasteiger partial charge in [-0.1, -0.05) is 6.07 Å². The molecule has 25 heavy (non-hydrogen) atoms. The smallest absolute Gasteiger partial charge is 0.244 e. The van der Waals surface area contributed by atoms with Gasteiger partial charge in [-0.2, -0.15) is 0 Å². The van der Waals surface area contributed by atoms with E-state index in [4.69, 9.17) is 14.2 Å². The van der Waals surface area contributed by atoms with Crippen molar-refractivity contribution in [3.05, 3.63) is 47.8 Å². The normalized spacial score (nSPS) is 14.8. The summed E-state index contributed by atoms with van der Waals surface area (Å²) in [6.45, 7) is 2.61. The van der Waals surface area contributed by atoms with Gasteiger partial charge < -0.3 is 14.2 Å². The number of benzene rings is 2. The van der Waals surface area contributed by atoms with Gasteiger partial charge in [0.25, 0.3) is 0 Å². The molecule has 0 aliphatic carbocycles. The maximum Gasteiger partial charge on any atom is 0.244 e. The van der Waals surface area contributed by atoms with E-state index in [0.29, 0.717) is 30.3 Å². The fourth-order valence-corrected chi connectivity index (χ4v) is 3.97. The third-order valence-corrected chi connectivity index (χ3v) is 5.38. The van der Waals surface area contributed by atoms with E-state index in [2.05, 4.69) is 4.72 Å². The molecule has 0 aromatic heterocycles. The van der Waals surface area contributed by atoms with E-state index in [9.17, 15) is 12.8 Å². The minimum Gasteiger partial charge on any atom is -0.495 e. The molecule has 1 heterocycles. The van der Waals surface area contributed by atoms with Crippen LogP contribution < -0.4 is 18.9 Å². The summed E-state index contributed by atoms with van der Waals surface area (Å²) in [7, 11) is -2.65. The van der Waals surface area contributed by atoms with Crippen molar-refractivity contribution in [3.63, 3.8) is 0 Å². The highest BCUT2D eigenvalue weighted by molar-refractivity contribution is 7.89. The molecule has 6 nitrogen and oxygen atoms in total. The SMILES string of the molecule is COc1ccc(F)cc1S(=O)(=O)NC(C)c1ccc2c(c1)OCCO2. The number of sulfonamides is 1. The zero-order valence-electron chi connectivity index (χ0n) is 13.8. The van der Waals surface area contributed by atoms with Gasteiger partial charge in [0.15, 0.2) is 11.5 Å². The number of nitrogens with one attached hydrogen (secondary N) is 1. The van der Waals surface area contributed by atoms with E-state index in [1.54, 1.807) is 25.1 Å². The summed E-state index contributed by atoms with van der Waals surface area (Å²) < 4.78 is 57.2. The van der Waals surface area contributed by atoms with E-state index in [-0.39, 0.29) is 10.6 Å². The molecule has 2 aromatic rings. The van der Waals surface area contributed by atoms with Gasteiger partial charge in [0.1, 0.15) is 29.7 Å². The molecule has 0 spiro atoms. The van der Waals surface area contributed by atoms with Crippen molar-refractivity contribution in [1.82, 2.24) is 4.72 Å². The summed E-state index contributed by atoms with van der Waals surface area (Å²) in [6, 6.07) is 8.00. The Morgan fingerprint density at radius 3 is 2.56 bits per heavy atom. The Morgan fingerprint density at radius 1 is 1.12 bits per heavy atom. The van der Waals surface area contributed by atoms with Crippen LogP contribution in [0.3, 0.4) is 0 Å². The molecular formula is C17H18FNO5S. The minimum absolute atomic E-state index is 0.0725. The van der Waals surface area contributed by atoms with Crippen molar-refractivity contribution in [2.45, 2.75) is 17.9 Å². The third-order valence-electron chi connectivity index (χ3n) is 3.81. The number of hydrogen-bond donors (Lipinski definition) is 1. The molecule has 0 amide bonds. The van der Waals surface area contributed by atoms with Crippen LogP contribution in [0.5, 0.6) is 17.2 Å². The highest BCUT2D eigenvalue weighted by atomic mass is 32.2. The van der Waals surface area contributed by atoms with E-state index in [1.165, 1.54) is 13.2 Å². The van der Waals surface area contributed by atoms with Crippen LogP contribution in [0.15, 0.2) is 41.3 Å². The lowest BCUT2D eigenvalue weighted by Crippen LogP contribution is -2.27. The highest BCUT2D eigenvalue weighted by Gasteiger charge is 2.24. The first-order chi connectivity index (χ1) is 11.9. The van der Waals surface area contributed by atoms with Crippen LogP contribution in [0.1, 0.15) is 18.5 Å². The van der Waals surface area contributed by atoms with Crippen molar-refractivity contribution >= 4 is 10.0 Å². The fraction of sp³-hybridized carbons (Fsp3) is 0.294. The van der Waals surface area contributed by atoms with Crippen LogP contribution in [0, 0.1) is 5.82 Å². The minimum atomic E-state index is -3.98. The molecule has 0 bridgehead atoms. The molecule has 1 aliphatic rings. The Kier molecular flexibility index (Phi) is 4.82. The molecule has 1 N–H and O–H groups in total. The molecule has 1 unspecified atom stereocenters. The summed E-state index contributed by atoms with van der Waals surface area (Å²) >= 11 is 0. The van der Waals surface area contributed by atoms with Crippen molar-refractivity contribution in [3.8, 4) is 17.2 Å². The van der Waals surface area contributed by atoms with Gasteiger partial charge in [0, 0.05) is 6.04 Å². The molecule has 0 fully saturated rings. The van der Waals surface area contributed by atoms with E-state index >= 15 is 0 Å². The lowest BCUT2D eigenvalue weighted by Gasteiger charge is -2.21. The molecule has 0 saturated carbocycles. The first-order valence-electron chi connectivity index (χ1n) is 7.66. The van der Waals surface area contributed by atoms with E-state index < -0.39 is 21.9 Å². The van der Waals surface area contributed by atoms with Gasteiger partial charge in [-0.15, -0.1) is 0 Å². The average molecular weight is 367 g/mol. The van der Waals surface area contributed by atoms with Gasteiger partial charge in [-0.3, -0.25) is 0 Å². The Balaban J connectivity index is 1.87. The Hall–Kier alpha value is -2.32. The molecule has 1 atom stereocenters. The lowest BCUT2D eigenvalue weighted by molar-refractivity contribution is 0.171. The summed E-state index contributed by atoms with van der Waals surface area (Å²) in [5.74, 6) is 0.603. The van der Waals surface area contributed by atoms with Crippen molar-refractivity contribution in [1.29, 1.82) is 0 Å². The Bertz CT molecular complexity index is 885. The number of rotatable bonds is 5. The summed E-state index contributed by atoms with van der Waals surface area (Å²) in [6.07, 6.45) is 0. The second kappa shape index (κ2) is 6.89. The fourth-order valence-electron chi connectivity index (χ4n) is 2.55. The topological polar surface area (TPSA) is 73.9 Å². The molecule has 0 radical (unpaired) electrons. The second-order valence-electron chi connectivity index (χ2n) is 5.54. The highest BCUT2D eigenvalue weighted by Crippen LogP contribution is 2.33. The van der Waals surface area contributed by atoms with E-state index in [1.807, 2.05) is 0 Å². The number of hydrogen-bond acceptors (Lipinski definition) is 5. The van der Waals surface area contributed by atoms with Crippen LogP contribution in [-0.4, -0.2) is 28.7 Å². The molecular weight excluding hydrogens is 349 g/mol. The summed E-state index contributed by atoms with van der Waals surface area (Å²) in [5, 5.41) is 0. The Morgan fingerprint density at radius 2 is 1.84 bits per heavy atom. The van der Waals surface area contributed by atoms with Crippen LogP contribution in [-0.2, 0) is 10.0 Å². The van der Waals surface area contributed by atoms with Crippen LogP contribution in [0.25, 0.3) is 0 Å². The molecule has 3 rings (SSSR count). The average Bonchev–Trinajstić information content (AvgIpc) is 2.61. The van der Waals surface area contributed by atoms with Crippen molar-refractivity contribution in [2.24, 2.45) is 0 Å². The number of ether oxygens (including phenoxy) is 3. The maximum absolute atomic E-state index is 13.5. The molecule has 2 aromatic carbocycles. The van der Waals surface area contributed by atoms with Crippen LogP contribution in [0.2, 0.25) is 0 Å². The van der Waals surface area contributed by atoms with Gasteiger partial charge in [0.2, 0.25) is 10.0 Å². The number of methoxy groups -OCH3 is 1. The van der Waals surface area contributed by atoms with Gasteiger partial charge in [-0.25, -0.2) is 17.5 Å². The monoisotopic (exact) mass is 367 g/mol. The number of fused-ring (bicyclic) bond motifs is 1. The first kappa shape index (κ1) is 17.5. The second-order valence-corrected chi connectivity index (χ2v) is 7.22. The molecule has 134 valence electrons. The zero-order valence-corrected chi connectivity index (χ0v) is 14.6. The Labute approximate surface area is 145 Å². The van der Waals surface area contributed by atoms with Crippen LogP contribution in [0.4, 0.5) is 4.39 Å². The van der Waals surface area contributed by atoms with Gasteiger partial charge in [-0.05, 0) is 42.8 Å². The number of halogens is 1. The zero-order chi connectivity index (χ0) is 18.0. The molecule has 1 aliphatic heterocycles. The molecule has 0 saturated heterocycles. The first-order valence-corrected chi connectivity index (χ1v) is 9.14. The quantitative estimate of drug-likeness (QED) is 0.879. The predicted molar refractivity (Wildman–Crippen MR) is 89.1 cm³/mol. The van der Waals surface area contributed by atoms with Crippen LogP contribution >= 0.6 is 0 Å². The lowest BCUT2D eigenvalue weighted by atomic mass is 10.1. The summed E-state index contributed by atoms with van der Waals surface area (Å²) in [5.41, 5.74) is 0.697. The maximum atomic E-state index is 13.5. The van der Waals surface area contributed by atoms with Gasteiger partial charge in [0.05, 0.1) is 7.11 Å². The van der Waals surface area contributed by atoms with E-state index in [0.717, 1.165) is 12.1 Å². The van der Waals surface area contributed by atoms with Gasteiger partial charge >= 0.3 is 0 Å². The molecule has 8 heteroatoms. The third kappa shape index (κ3) is 3.69. The standard InChI is InChI=1S/C17H18FNO5S/c1-11(12-3-5-14-16(9-12)24-8-7-23-14)19-25(20,21)17-10-13(18)4-6-15(17)22-2/h3-6,9-11,19H,7-8H2,1-2H3. The summed E-state index contributed by atoms with van der Waals surface area (Å²) in [4.78, 5) is -0.251.